The van der Waals surface area contributed by atoms with Crippen molar-refractivity contribution in [2.75, 3.05) is 5.32 Å². The van der Waals surface area contributed by atoms with Gasteiger partial charge in [0, 0.05) is 11.6 Å². The summed E-state index contributed by atoms with van der Waals surface area (Å²) in [5, 5.41) is 2.53. The topological polar surface area (TPSA) is 59.3 Å². The molecular formula is C15H13NO3. The molecule has 0 saturated heterocycles. The molecule has 1 aromatic carbocycles. The van der Waals surface area contributed by atoms with E-state index in [1.54, 1.807) is 12.1 Å². The van der Waals surface area contributed by atoms with Gasteiger partial charge in [-0.1, -0.05) is 36.4 Å². The van der Waals surface area contributed by atoms with Crippen LogP contribution in [0.25, 0.3) is 0 Å². The fraction of sp³-hybridized carbons (Fsp3) is 0.0667. The van der Waals surface area contributed by atoms with Crippen molar-refractivity contribution in [3.8, 4) is 0 Å². The van der Waals surface area contributed by atoms with Crippen LogP contribution in [0.2, 0.25) is 0 Å². The lowest BCUT2D eigenvalue weighted by atomic mass is 10.1. The molecule has 1 N–H and O–H groups in total. The van der Waals surface area contributed by atoms with Gasteiger partial charge in [-0.05, 0) is 13.0 Å². The maximum absolute atomic E-state index is 12.2. The quantitative estimate of drug-likeness (QED) is 0.675. The molecule has 1 aromatic heterocycles. The summed E-state index contributed by atoms with van der Waals surface area (Å²) in [6.07, 6.45) is 2.49. The maximum Gasteiger partial charge on any atom is 0.247 e. The number of rotatable bonds is 4. The van der Waals surface area contributed by atoms with Crippen LogP contribution in [0.5, 0.6) is 0 Å². The monoisotopic (exact) mass is 255 g/mol. The standard InChI is InChI=1S/C15H13NO3/c1-3-13(17)16-12-8-9-19-15(12)14(18)11-6-4-10(2)5-7-11/h3-9H,1H2,2H3,(H,16,17). The minimum absolute atomic E-state index is 0.110. The Hall–Kier alpha value is -2.62. The van der Waals surface area contributed by atoms with Crippen LogP contribution in [-0.2, 0) is 4.79 Å². The van der Waals surface area contributed by atoms with Crippen molar-refractivity contribution in [1.29, 1.82) is 0 Å². The fourth-order valence-corrected chi connectivity index (χ4v) is 1.60. The van der Waals surface area contributed by atoms with Gasteiger partial charge < -0.3 is 9.73 Å². The molecule has 0 unspecified atom stereocenters. The number of nitrogens with one attached hydrogen (secondary N) is 1. The van der Waals surface area contributed by atoms with E-state index < -0.39 is 0 Å². The third-order valence-electron chi connectivity index (χ3n) is 2.63. The summed E-state index contributed by atoms with van der Waals surface area (Å²) in [7, 11) is 0. The van der Waals surface area contributed by atoms with Gasteiger partial charge in [-0.25, -0.2) is 0 Å². The number of carbonyl (C=O) groups is 2. The summed E-state index contributed by atoms with van der Waals surface area (Å²) in [5.41, 5.74) is 1.92. The van der Waals surface area contributed by atoms with Crippen molar-refractivity contribution in [3.05, 3.63) is 66.1 Å². The van der Waals surface area contributed by atoms with Crippen molar-refractivity contribution in [2.45, 2.75) is 6.92 Å². The average Bonchev–Trinajstić information content (AvgIpc) is 2.86. The highest BCUT2D eigenvalue weighted by Crippen LogP contribution is 2.21. The minimum atomic E-state index is -0.389. The summed E-state index contributed by atoms with van der Waals surface area (Å²) in [5.74, 6) is -0.553. The van der Waals surface area contributed by atoms with E-state index in [1.807, 2.05) is 19.1 Å². The molecule has 0 aliphatic heterocycles. The van der Waals surface area contributed by atoms with Crippen molar-refractivity contribution in [3.63, 3.8) is 0 Å². The van der Waals surface area contributed by atoms with Crippen LogP contribution in [0.1, 0.15) is 21.7 Å². The van der Waals surface area contributed by atoms with Gasteiger partial charge in [-0.3, -0.25) is 9.59 Å². The van der Waals surface area contributed by atoms with E-state index in [2.05, 4.69) is 11.9 Å². The number of carbonyl (C=O) groups excluding carboxylic acids is 2. The molecule has 2 aromatic rings. The van der Waals surface area contributed by atoms with Crippen LogP contribution < -0.4 is 5.32 Å². The Kier molecular flexibility index (Phi) is 3.61. The van der Waals surface area contributed by atoms with Crippen LogP contribution in [0.3, 0.4) is 0 Å². The van der Waals surface area contributed by atoms with Gasteiger partial charge in [0.25, 0.3) is 0 Å². The Morgan fingerprint density at radius 3 is 2.53 bits per heavy atom. The molecule has 1 amide bonds. The molecule has 0 fully saturated rings. The second-order valence-electron chi connectivity index (χ2n) is 4.05. The van der Waals surface area contributed by atoms with Crippen molar-refractivity contribution in [1.82, 2.24) is 0 Å². The lowest BCUT2D eigenvalue weighted by Crippen LogP contribution is -2.10. The van der Waals surface area contributed by atoms with Gasteiger partial charge in [-0.2, -0.15) is 0 Å². The predicted molar refractivity (Wildman–Crippen MR) is 72.1 cm³/mol. The highest BCUT2D eigenvalue weighted by atomic mass is 16.3. The van der Waals surface area contributed by atoms with Crippen molar-refractivity contribution >= 4 is 17.4 Å². The molecule has 0 aliphatic carbocycles. The Morgan fingerprint density at radius 2 is 1.89 bits per heavy atom. The molecule has 19 heavy (non-hydrogen) atoms. The van der Waals surface area contributed by atoms with Crippen molar-refractivity contribution in [2.24, 2.45) is 0 Å². The molecule has 0 atom stereocenters. The molecule has 0 spiro atoms. The fourth-order valence-electron chi connectivity index (χ4n) is 1.60. The lowest BCUT2D eigenvalue weighted by Gasteiger charge is -2.03. The molecule has 0 radical (unpaired) electrons. The number of hydrogen-bond acceptors (Lipinski definition) is 3. The molecule has 2 rings (SSSR count). The third kappa shape index (κ3) is 2.80. The third-order valence-corrected chi connectivity index (χ3v) is 2.63. The number of amides is 1. The Morgan fingerprint density at radius 1 is 1.21 bits per heavy atom. The number of furan rings is 1. The molecule has 4 nitrogen and oxygen atoms in total. The van der Waals surface area contributed by atoms with Crippen LogP contribution in [-0.4, -0.2) is 11.7 Å². The summed E-state index contributed by atoms with van der Waals surface area (Å²) in [4.78, 5) is 23.5. The summed E-state index contributed by atoms with van der Waals surface area (Å²) in [6, 6.07) is 8.66. The summed E-state index contributed by atoms with van der Waals surface area (Å²) < 4.78 is 5.16. The number of ketones is 1. The number of benzene rings is 1. The second kappa shape index (κ2) is 5.35. The van der Waals surface area contributed by atoms with Gasteiger partial charge in [0.2, 0.25) is 11.7 Å². The summed E-state index contributed by atoms with van der Waals surface area (Å²) >= 11 is 0. The normalized spacial score (nSPS) is 9.95. The molecular weight excluding hydrogens is 242 g/mol. The zero-order valence-corrected chi connectivity index (χ0v) is 10.5. The summed E-state index contributed by atoms with van der Waals surface area (Å²) in [6.45, 7) is 5.30. The zero-order valence-electron chi connectivity index (χ0n) is 10.5. The van der Waals surface area contributed by atoms with Crippen LogP contribution in [0, 0.1) is 6.92 Å². The molecule has 0 saturated carbocycles. The lowest BCUT2D eigenvalue weighted by molar-refractivity contribution is -0.111. The van der Waals surface area contributed by atoms with Gasteiger partial charge >= 0.3 is 0 Å². The molecule has 96 valence electrons. The van der Waals surface area contributed by atoms with Crippen LogP contribution in [0.4, 0.5) is 5.69 Å². The first-order valence-corrected chi connectivity index (χ1v) is 5.74. The zero-order chi connectivity index (χ0) is 13.8. The first kappa shape index (κ1) is 12.8. The maximum atomic E-state index is 12.2. The molecule has 0 aliphatic rings. The van der Waals surface area contributed by atoms with Crippen LogP contribution >= 0.6 is 0 Å². The van der Waals surface area contributed by atoms with Gasteiger partial charge in [0.1, 0.15) is 0 Å². The van der Waals surface area contributed by atoms with Gasteiger partial charge in [0.05, 0.1) is 12.0 Å². The number of aryl methyl sites for hydroxylation is 1. The van der Waals surface area contributed by atoms with Crippen LogP contribution in [0.15, 0.2) is 53.7 Å². The molecule has 1 heterocycles. The second-order valence-corrected chi connectivity index (χ2v) is 4.05. The predicted octanol–water partition coefficient (Wildman–Crippen LogP) is 2.94. The van der Waals surface area contributed by atoms with Gasteiger partial charge in [-0.15, -0.1) is 0 Å². The Bertz CT molecular complexity index is 623. The van der Waals surface area contributed by atoms with E-state index in [9.17, 15) is 9.59 Å². The van der Waals surface area contributed by atoms with E-state index >= 15 is 0 Å². The Labute approximate surface area is 110 Å². The van der Waals surface area contributed by atoms with E-state index in [0.29, 0.717) is 11.3 Å². The first-order chi connectivity index (χ1) is 9.11. The van der Waals surface area contributed by atoms with E-state index in [0.717, 1.165) is 11.6 Å². The highest BCUT2D eigenvalue weighted by Gasteiger charge is 2.18. The van der Waals surface area contributed by atoms with Crippen molar-refractivity contribution < 1.29 is 14.0 Å². The molecule has 4 heteroatoms. The average molecular weight is 255 g/mol. The smallest absolute Gasteiger partial charge is 0.247 e. The van der Waals surface area contributed by atoms with E-state index in [1.165, 1.54) is 12.3 Å². The first-order valence-electron chi connectivity index (χ1n) is 5.74. The number of anilines is 1. The number of hydrogen-bond donors (Lipinski definition) is 1. The van der Waals surface area contributed by atoms with E-state index in [4.69, 9.17) is 4.42 Å². The SMILES string of the molecule is C=CC(=O)Nc1ccoc1C(=O)c1ccc(C)cc1. The Balaban J connectivity index is 2.29. The van der Waals surface area contributed by atoms with Gasteiger partial charge in [0.15, 0.2) is 5.76 Å². The minimum Gasteiger partial charge on any atom is -0.459 e. The highest BCUT2D eigenvalue weighted by molar-refractivity contribution is 6.12. The van der Waals surface area contributed by atoms with E-state index in [-0.39, 0.29) is 17.5 Å². The molecule has 0 bridgehead atoms. The largest absolute Gasteiger partial charge is 0.459 e.